The molecule has 0 radical (unpaired) electrons. The first-order valence-corrected chi connectivity index (χ1v) is 7.73. The highest BCUT2D eigenvalue weighted by Crippen LogP contribution is 2.29. The summed E-state index contributed by atoms with van der Waals surface area (Å²) in [7, 11) is 1.57. The molecular weight excluding hydrogens is 370 g/mol. The van der Waals surface area contributed by atoms with E-state index in [4.69, 9.17) is 21.1 Å². The van der Waals surface area contributed by atoms with Gasteiger partial charge in [0.1, 0.15) is 11.5 Å². The number of hydrogen-bond acceptors (Lipinski definition) is 3. The Morgan fingerprint density at radius 2 is 2.05 bits per heavy atom. The van der Waals surface area contributed by atoms with Gasteiger partial charge in [0.2, 0.25) is 0 Å². The first-order valence-electron chi connectivity index (χ1n) is 6.56. The van der Waals surface area contributed by atoms with Gasteiger partial charge in [-0.15, -0.1) is 0 Å². The molecule has 4 nitrogen and oxygen atoms in total. The minimum Gasteiger partial charge on any atom is -0.497 e. The van der Waals surface area contributed by atoms with E-state index in [2.05, 4.69) is 21.2 Å². The van der Waals surface area contributed by atoms with E-state index < -0.39 is 6.10 Å². The van der Waals surface area contributed by atoms with Gasteiger partial charge in [-0.2, -0.15) is 0 Å². The molecule has 22 heavy (non-hydrogen) atoms. The van der Waals surface area contributed by atoms with Crippen LogP contribution in [0.15, 0.2) is 46.9 Å². The highest BCUT2D eigenvalue weighted by atomic mass is 79.9. The Bertz CT molecular complexity index is 678. The lowest BCUT2D eigenvalue weighted by Gasteiger charge is -2.16. The molecule has 1 atom stereocenters. The molecule has 0 aliphatic rings. The fourth-order valence-corrected chi connectivity index (χ4v) is 2.54. The number of ether oxygens (including phenoxy) is 2. The number of anilines is 1. The summed E-state index contributed by atoms with van der Waals surface area (Å²) in [6, 6.07) is 12.3. The van der Waals surface area contributed by atoms with Crippen LogP contribution in [0.3, 0.4) is 0 Å². The fourth-order valence-electron chi connectivity index (χ4n) is 1.76. The lowest BCUT2D eigenvalue weighted by atomic mass is 10.2. The van der Waals surface area contributed by atoms with E-state index in [1.807, 2.05) is 0 Å². The monoisotopic (exact) mass is 383 g/mol. The van der Waals surface area contributed by atoms with Crippen LogP contribution in [0.25, 0.3) is 0 Å². The van der Waals surface area contributed by atoms with Gasteiger partial charge in [-0.05, 0) is 53.2 Å². The summed E-state index contributed by atoms with van der Waals surface area (Å²) in [5.41, 5.74) is 0.648. The van der Waals surface area contributed by atoms with Crippen molar-refractivity contribution in [3.05, 3.63) is 52.0 Å². The van der Waals surface area contributed by atoms with Crippen LogP contribution in [-0.2, 0) is 4.79 Å². The molecule has 1 N–H and O–H groups in total. The zero-order valence-corrected chi connectivity index (χ0v) is 14.4. The number of amides is 1. The Morgan fingerprint density at radius 3 is 2.73 bits per heavy atom. The maximum absolute atomic E-state index is 12.2. The summed E-state index contributed by atoms with van der Waals surface area (Å²) in [5, 5.41) is 3.37. The molecule has 2 rings (SSSR count). The first-order chi connectivity index (χ1) is 10.5. The normalized spacial score (nSPS) is 11.6. The molecule has 0 spiro atoms. The number of halogens is 2. The average Bonchev–Trinajstić information content (AvgIpc) is 2.50. The zero-order chi connectivity index (χ0) is 16.1. The van der Waals surface area contributed by atoms with Crippen LogP contribution < -0.4 is 14.8 Å². The van der Waals surface area contributed by atoms with Gasteiger partial charge in [-0.25, -0.2) is 0 Å². The van der Waals surface area contributed by atoms with Crippen molar-refractivity contribution in [1.29, 1.82) is 0 Å². The summed E-state index contributed by atoms with van der Waals surface area (Å²) < 4.78 is 11.5. The molecule has 2 aromatic rings. The molecular formula is C16H15BrClNO3. The van der Waals surface area contributed by atoms with Gasteiger partial charge < -0.3 is 14.8 Å². The molecule has 1 amide bonds. The van der Waals surface area contributed by atoms with Crippen molar-refractivity contribution >= 4 is 39.1 Å². The molecule has 2 aromatic carbocycles. The Hall–Kier alpha value is -1.72. The number of methoxy groups -OCH3 is 1. The number of nitrogens with one attached hydrogen (secondary N) is 1. The summed E-state index contributed by atoms with van der Waals surface area (Å²) in [4.78, 5) is 12.2. The number of hydrogen-bond donors (Lipinski definition) is 1. The highest BCUT2D eigenvalue weighted by Gasteiger charge is 2.16. The molecule has 116 valence electrons. The largest absolute Gasteiger partial charge is 0.497 e. The standard InChI is InChI=1S/C16H15BrClNO3/c1-10(22-15-7-6-11(18)8-14(15)17)16(20)19-12-4-3-5-13(9-12)21-2/h3-10H,1-2H3,(H,19,20)/t10-/m1/s1. The first kappa shape index (κ1) is 16.6. The van der Waals surface area contributed by atoms with E-state index in [9.17, 15) is 4.79 Å². The lowest BCUT2D eigenvalue weighted by Crippen LogP contribution is -2.30. The number of carbonyl (C=O) groups excluding carboxylic acids is 1. The van der Waals surface area contributed by atoms with Gasteiger partial charge in [-0.1, -0.05) is 17.7 Å². The predicted octanol–water partition coefficient (Wildman–Crippen LogP) is 4.52. The van der Waals surface area contributed by atoms with Crippen molar-refractivity contribution in [3.8, 4) is 11.5 Å². The summed E-state index contributed by atoms with van der Waals surface area (Å²) in [6.45, 7) is 1.68. The van der Waals surface area contributed by atoms with Crippen LogP contribution in [-0.4, -0.2) is 19.1 Å². The third-order valence-electron chi connectivity index (χ3n) is 2.90. The lowest BCUT2D eigenvalue weighted by molar-refractivity contribution is -0.122. The van der Waals surface area contributed by atoms with Crippen molar-refractivity contribution in [2.24, 2.45) is 0 Å². The average molecular weight is 385 g/mol. The Morgan fingerprint density at radius 1 is 1.27 bits per heavy atom. The van der Waals surface area contributed by atoms with E-state index in [0.717, 1.165) is 0 Å². The van der Waals surface area contributed by atoms with Crippen molar-refractivity contribution in [1.82, 2.24) is 0 Å². The van der Waals surface area contributed by atoms with Crippen molar-refractivity contribution in [2.45, 2.75) is 13.0 Å². The second-order valence-electron chi connectivity index (χ2n) is 4.56. The molecule has 0 unspecified atom stereocenters. The van der Waals surface area contributed by atoms with Gasteiger partial charge in [0.15, 0.2) is 6.10 Å². The molecule has 0 aliphatic carbocycles. The van der Waals surface area contributed by atoms with Gasteiger partial charge >= 0.3 is 0 Å². The number of rotatable bonds is 5. The highest BCUT2D eigenvalue weighted by molar-refractivity contribution is 9.10. The van der Waals surface area contributed by atoms with Crippen LogP contribution in [0.2, 0.25) is 5.02 Å². The molecule has 0 aromatic heterocycles. The third-order valence-corrected chi connectivity index (χ3v) is 3.76. The van der Waals surface area contributed by atoms with Crippen LogP contribution in [0.4, 0.5) is 5.69 Å². The SMILES string of the molecule is COc1cccc(NC(=O)[C@@H](C)Oc2ccc(Cl)cc2Br)c1. The van der Waals surface area contributed by atoms with Gasteiger partial charge in [0, 0.05) is 16.8 Å². The second kappa shape index (κ2) is 7.51. The fraction of sp³-hybridized carbons (Fsp3) is 0.188. The van der Waals surface area contributed by atoms with Crippen molar-refractivity contribution in [3.63, 3.8) is 0 Å². The summed E-state index contributed by atoms with van der Waals surface area (Å²) >= 11 is 9.23. The van der Waals surface area contributed by atoms with Gasteiger partial charge in [0.25, 0.3) is 5.91 Å². The van der Waals surface area contributed by atoms with Crippen LogP contribution in [0, 0.1) is 0 Å². The van der Waals surface area contributed by atoms with Crippen LogP contribution in [0.1, 0.15) is 6.92 Å². The zero-order valence-electron chi connectivity index (χ0n) is 12.1. The molecule has 0 heterocycles. The minimum absolute atomic E-state index is 0.255. The summed E-state index contributed by atoms with van der Waals surface area (Å²) in [6.07, 6.45) is -0.663. The van der Waals surface area contributed by atoms with Gasteiger partial charge in [-0.3, -0.25) is 4.79 Å². The summed E-state index contributed by atoms with van der Waals surface area (Å²) in [5.74, 6) is 0.972. The molecule has 0 saturated carbocycles. The van der Waals surface area contributed by atoms with E-state index in [0.29, 0.717) is 26.7 Å². The van der Waals surface area contributed by atoms with E-state index in [1.54, 1.807) is 56.5 Å². The quantitative estimate of drug-likeness (QED) is 0.824. The van der Waals surface area contributed by atoms with E-state index >= 15 is 0 Å². The minimum atomic E-state index is -0.663. The van der Waals surface area contributed by atoms with E-state index in [-0.39, 0.29) is 5.91 Å². The topological polar surface area (TPSA) is 47.6 Å². The second-order valence-corrected chi connectivity index (χ2v) is 5.85. The molecule has 0 fully saturated rings. The van der Waals surface area contributed by atoms with Gasteiger partial charge in [0.05, 0.1) is 11.6 Å². The molecule has 0 saturated heterocycles. The molecule has 0 bridgehead atoms. The maximum atomic E-state index is 12.2. The third kappa shape index (κ3) is 4.39. The van der Waals surface area contributed by atoms with E-state index in [1.165, 1.54) is 0 Å². The Kier molecular flexibility index (Phi) is 5.69. The number of carbonyl (C=O) groups is 1. The molecule has 0 aliphatic heterocycles. The van der Waals surface area contributed by atoms with Crippen molar-refractivity contribution in [2.75, 3.05) is 12.4 Å². The maximum Gasteiger partial charge on any atom is 0.265 e. The predicted molar refractivity (Wildman–Crippen MR) is 90.9 cm³/mol. The van der Waals surface area contributed by atoms with Crippen LogP contribution >= 0.6 is 27.5 Å². The number of benzene rings is 2. The Labute approximate surface area is 142 Å². The van der Waals surface area contributed by atoms with Crippen LogP contribution in [0.5, 0.6) is 11.5 Å². The smallest absolute Gasteiger partial charge is 0.265 e. The van der Waals surface area contributed by atoms with Crippen molar-refractivity contribution < 1.29 is 14.3 Å². The Balaban J connectivity index is 2.02. The molecule has 6 heteroatoms.